The monoisotopic (exact) mass is 421 g/mol. The van der Waals surface area contributed by atoms with E-state index in [-0.39, 0.29) is 22.9 Å². The summed E-state index contributed by atoms with van der Waals surface area (Å²) in [6.07, 6.45) is 1.72. The van der Waals surface area contributed by atoms with E-state index in [2.05, 4.69) is 9.88 Å². The number of hydrogen-bond acceptors (Lipinski definition) is 6. The zero-order valence-electron chi connectivity index (χ0n) is 17.5. The van der Waals surface area contributed by atoms with Gasteiger partial charge in [0, 0.05) is 13.1 Å². The molecule has 1 atom stereocenters. The van der Waals surface area contributed by atoms with Crippen molar-refractivity contribution >= 4 is 9.84 Å². The number of likely N-dealkylation sites (N-methyl/N-ethyl adjacent to an activating group) is 1. The highest BCUT2D eigenvalue weighted by atomic mass is 32.2. The van der Waals surface area contributed by atoms with Crippen LogP contribution < -0.4 is 0 Å². The molecule has 8 heteroatoms. The van der Waals surface area contributed by atoms with E-state index in [1.165, 1.54) is 0 Å². The molecule has 0 aliphatic carbocycles. The first-order valence-electron chi connectivity index (χ1n) is 10.0. The van der Waals surface area contributed by atoms with Crippen LogP contribution in [-0.2, 0) is 32.4 Å². The van der Waals surface area contributed by atoms with Crippen molar-refractivity contribution in [3.63, 3.8) is 0 Å². The Kier molecular flexibility index (Phi) is 7.45. The molecule has 3 rings (SSSR count). The van der Waals surface area contributed by atoms with Gasteiger partial charge in [-0.1, -0.05) is 44.2 Å². The standard InChI is InChI=1S/C21H31N3O4S/c1-17(2)16-29(25,26)21-22-11-19(24(21)12-18-7-5-4-6-8-18)13-23(3)14-20-15-27-9-10-28-20/h4-8,11,17,20H,9-10,12-16H2,1-3H3. The van der Waals surface area contributed by atoms with Crippen LogP contribution in [0.3, 0.4) is 0 Å². The molecule has 1 saturated heterocycles. The Morgan fingerprint density at radius 2 is 2.00 bits per heavy atom. The van der Waals surface area contributed by atoms with Gasteiger partial charge in [0.05, 0.1) is 50.1 Å². The first-order chi connectivity index (χ1) is 13.8. The first kappa shape index (κ1) is 22.0. The van der Waals surface area contributed by atoms with Gasteiger partial charge in [-0.25, -0.2) is 13.4 Å². The molecule has 160 valence electrons. The normalized spacial score (nSPS) is 17.9. The fraction of sp³-hybridized carbons (Fsp3) is 0.571. The molecule has 7 nitrogen and oxygen atoms in total. The second-order valence-electron chi connectivity index (χ2n) is 8.04. The summed E-state index contributed by atoms with van der Waals surface area (Å²) in [5.41, 5.74) is 1.91. The van der Waals surface area contributed by atoms with E-state index in [0.29, 0.717) is 39.5 Å². The molecule has 1 aliphatic heterocycles. The summed E-state index contributed by atoms with van der Waals surface area (Å²) in [5.74, 6) is 0.123. The third-order valence-electron chi connectivity index (χ3n) is 4.75. The minimum absolute atomic E-state index is 0.0309. The molecule has 1 aromatic heterocycles. The summed E-state index contributed by atoms with van der Waals surface area (Å²) in [7, 11) is -1.46. The van der Waals surface area contributed by atoms with E-state index >= 15 is 0 Å². The highest BCUT2D eigenvalue weighted by molar-refractivity contribution is 7.91. The van der Waals surface area contributed by atoms with E-state index in [1.807, 2.05) is 55.8 Å². The number of nitrogens with zero attached hydrogens (tertiary/aromatic N) is 3. The predicted molar refractivity (Wildman–Crippen MR) is 112 cm³/mol. The summed E-state index contributed by atoms with van der Waals surface area (Å²) in [4.78, 5) is 6.45. The van der Waals surface area contributed by atoms with E-state index in [9.17, 15) is 8.42 Å². The maximum Gasteiger partial charge on any atom is 0.228 e. The third-order valence-corrected chi connectivity index (χ3v) is 6.74. The van der Waals surface area contributed by atoms with Crippen LogP contribution in [0.4, 0.5) is 0 Å². The summed E-state index contributed by atoms with van der Waals surface area (Å²) >= 11 is 0. The molecule has 0 amide bonds. The number of benzene rings is 1. The lowest BCUT2D eigenvalue weighted by atomic mass is 10.2. The second kappa shape index (κ2) is 9.84. The highest BCUT2D eigenvalue weighted by Crippen LogP contribution is 2.19. The van der Waals surface area contributed by atoms with E-state index < -0.39 is 9.84 Å². The van der Waals surface area contributed by atoms with Crippen molar-refractivity contribution in [2.75, 3.05) is 39.2 Å². The van der Waals surface area contributed by atoms with Gasteiger partial charge in [0.2, 0.25) is 15.0 Å². The van der Waals surface area contributed by atoms with Gasteiger partial charge in [-0.3, -0.25) is 4.90 Å². The highest BCUT2D eigenvalue weighted by Gasteiger charge is 2.25. The summed E-state index contributed by atoms with van der Waals surface area (Å²) in [6.45, 7) is 7.41. The Bertz CT molecular complexity index is 875. The largest absolute Gasteiger partial charge is 0.376 e. The fourth-order valence-electron chi connectivity index (χ4n) is 3.55. The molecular formula is C21H31N3O4S. The minimum Gasteiger partial charge on any atom is -0.376 e. The zero-order chi connectivity index (χ0) is 20.9. The zero-order valence-corrected chi connectivity index (χ0v) is 18.3. The average Bonchev–Trinajstić information content (AvgIpc) is 3.05. The topological polar surface area (TPSA) is 73.7 Å². The molecule has 0 bridgehead atoms. The van der Waals surface area contributed by atoms with Crippen LogP contribution in [0.25, 0.3) is 0 Å². The molecule has 1 aromatic carbocycles. The summed E-state index contributed by atoms with van der Waals surface area (Å²) in [6, 6.07) is 9.87. The van der Waals surface area contributed by atoms with Crippen molar-refractivity contribution in [3.8, 4) is 0 Å². The predicted octanol–water partition coefficient (Wildman–Crippen LogP) is 2.21. The van der Waals surface area contributed by atoms with Crippen molar-refractivity contribution in [1.82, 2.24) is 14.5 Å². The third kappa shape index (κ3) is 6.12. The SMILES string of the molecule is CC(C)CS(=O)(=O)c1ncc(CN(C)CC2COCCO2)n1Cc1ccccc1. The number of imidazole rings is 1. The Morgan fingerprint density at radius 1 is 1.24 bits per heavy atom. The van der Waals surface area contributed by atoms with Gasteiger partial charge in [-0.2, -0.15) is 0 Å². The Balaban J connectivity index is 1.83. The molecule has 2 aromatic rings. The van der Waals surface area contributed by atoms with E-state index in [0.717, 1.165) is 11.3 Å². The molecule has 2 heterocycles. The Labute approximate surface area is 173 Å². The quantitative estimate of drug-likeness (QED) is 0.618. The van der Waals surface area contributed by atoms with Gasteiger partial charge in [0.25, 0.3) is 0 Å². The average molecular weight is 422 g/mol. The van der Waals surface area contributed by atoms with Crippen LogP contribution >= 0.6 is 0 Å². The molecule has 1 aliphatic rings. The maximum atomic E-state index is 12.9. The van der Waals surface area contributed by atoms with Gasteiger partial charge in [0.15, 0.2) is 0 Å². The van der Waals surface area contributed by atoms with Crippen molar-refractivity contribution in [2.45, 2.75) is 38.2 Å². The van der Waals surface area contributed by atoms with Gasteiger partial charge >= 0.3 is 0 Å². The van der Waals surface area contributed by atoms with Gasteiger partial charge in [0.1, 0.15) is 0 Å². The lowest BCUT2D eigenvalue weighted by molar-refractivity contribution is -0.0963. The lowest BCUT2D eigenvalue weighted by Gasteiger charge is -2.27. The molecule has 0 saturated carbocycles. The second-order valence-corrected chi connectivity index (χ2v) is 9.97. The van der Waals surface area contributed by atoms with Gasteiger partial charge in [-0.15, -0.1) is 0 Å². The number of hydrogen-bond donors (Lipinski definition) is 0. The molecule has 1 fully saturated rings. The maximum absolute atomic E-state index is 12.9. The first-order valence-corrected chi connectivity index (χ1v) is 11.7. The fourth-order valence-corrected chi connectivity index (χ4v) is 5.30. The molecular weight excluding hydrogens is 390 g/mol. The van der Waals surface area contributed by atoms with Crippen molar-refractivity contribution in [1.29, 1.82) is 0 Å². The molecule has 1 unspecified atom stereocenters. The van der Waals surface area contributed by atoms with Crippen LogP contribution in [0, 0.1) is 5.92 Å². The van der Waals surface area contributed by atoms with Crippen molar-refractivity contribution in [3.05, 3.63) is 47.8 Å². The number of aromatic nitrogens is 2. The summed E-state index contributed by atoms with van der Waals surface area (Å²) in [5, 5.41) is 0.149. The van der Waals surface area contributed by atoms with Gasteiger partial charge < -0.3 is 14.0 Å². The molecule has 29 heavy (non-hydrogen) atoms. The molecule has 0 N–H and O–H groups in total. The smallest absolute Gasteiger partial charge is 0.228 e. The number of sulfone groups is 1. The number of ether oxygens (including phenoxy) is 2. The van der Waals surface area contributed by atoms with Crippen LogP contribution in [0.2, 0.25) is 0 Å². The molecule has 0 spiro atoms. The number of rotatable bonds is 9. The lowest BCUT2D eigenvalue weighted by Crippen LogP contribution is -2.38. The van der Waals surface area contributed by atoms with E-state index in [1.54, 1.807) is 6.20 Å². The van der Waals surface area contributed by atoms with E-state index in [4.69, 9.17) is 9.47 Å². The van der Waals surface area contributed by atoms with Crippen molar-refractivity contribution < 1.29 is 17.9 Å². The Morgan fingerprint density at radius 3 is 2.66 bits per heavy atom. The Hall–Kier alpha value is -1.74. The van der Waals surface area contributed by atoms with Crippen LogP contribution in [0.5, 0.6) is 0 Å². The van der Waals surface area contributed by atoms with Crippen LogP contribution in [0.1, 0.15) is 25.1 Å². The van der Waals surface area contributed by atoms with Gasteiger partial charge in [-0.05, 0) is 18.5 Å². The summed E-state index contributed by atoms with van der Waals surface area (Å²) < 4.78 is 38.9. The molecule has 0 radical (unpaired) electrons. The minimum atomic E-state index is -3.46. The van der Waals surface area contributed by atoms with Crippen molar-refractivity contribution in [2.24, 2.45) is 5.92 Å². The van der Waals surface area contributed by atoms with Crippen LogP contribution in [-0.4, -0.2) is 68.1 Å². The van der Waals surface area contributed by atoms with Crippen LogP contribution in [0.15, 0.2) is 41.7 Å².